The fourth-order valence-corrected chi connectivity index (χ4v) is 1.90. The van der Waals surface area contributed by atoms with Gasteiger partial charge in [-0.05, 0) is 36.2 Å². The number of amides is 1. The Bertz CT molecular complexity index is 644. The molecule has 2 aromatic rings. The molecule has 2 aromatic carbocycles. The lowest BCUT2D eigenvalue weighted by Crippen LogP contribution is -2.25. The van der Waals surface area contributed by atoms with E-state index in [0.29, 0.717) is 23.3 Å². The van der Waals surface area contributed by atoms with Crippen molar-refractivity contribution in [3.05, 3.63) is 65.2 Å². The zero-order valence-electron chi connectivity index (χ0n) is 11.5. The summed E-state index contributed by atoms with van der Waals surface area (Å²) >= 11 is 0. The lowest BCUT2D eigenvalue weighted by molar-refractivity contribution is 0.0953. The molecule has 110 valence electrons. The van der Waals surface area contributed by atoms with E-state index in [1.165, 1.54) is 19.2 Å². The van der Waals surface area contributed by atoms with Crippen molar-refractivity contribution >= 4 is 5.91 Å². The number of benzene rings is 2. The molecule has 0 aromatic heterocycles. The molecule has 0 radical (unpaired) electrons. The first kappa shape index (κ1) is 15.0. The van der Waals surface area contributed by atoms with Gasteiger partial charge in [0.2, 0.25) is 0 Å². The number of hydrogen-bond donors (Lipinski definition) is 1. The summed E-state index contributed by atoms with van der Waals surface area (Å²) < 4.78 is 31.2. The number of rotatable bonds is 5. The van der Waals surface area contributed by atoms with Gasteiger partial charge in [-0.15, -0.1) is 0 Å². The van der Waals surface area contributed by atoms with Gasteiger partial charge in [0.25, 0.3) is 5.91 Å². The molecule has 0 saturated carbocycles. The Balaban J connectivity index is 1.92. The van der Waals surface area contributed by atoms with Crippen LogP contribution >= 0.6 is 0 Å². The number of halogens is 2. The molecule has 21 heavy (non-hydrogen) atoms. The van der Waals surface area contributed by atoms with Gasteiger partial charge >= 0.3 is 0 Å². The van der Waals surface area contributed by atoms with Gasteiger partial charge in [-0.25, -0.2) is 8.78 Å². The molecule has 0 aliphatic carbocycles. The van der Waals surface area contributed by atoms with E-state index in [1.807, 2.05) is 0 Å². The van der Waals surface area contributed by atoms with Crippen molar-refractivity contribution < 1.29 is 18.3 Å². The van der Waals surface area contributed by atoms with Gasteiger partial charge in [0.1, 0.15) is 17.4 Å². The van der Waals surface area contributed by atoms with Crippen LogP contribution in [0.1, 0.15) is 15.9 Å². The van der Waals surface area contributed by atoms with Crippen molar-refractivity contribution in [3.8, 4) is 5.75 Å². The van der Waals surface area contributed by atoms with Crippen LogP contribution in [0.15, 0.2) is 42.5 Å². The predicted octanol–water partition coefficient (Wildman–Crippen LogP) is 2.95. The molecule has 1 amide bonds. The van der Waals surface area contributed by atoms with E-state index in [-0.39, 0.29) is 12.5 Å². The molecule has 2 rings (SSSR count). The van der Waals surface area contributed by atoms with Crippen LogP contribution in [0, 0.1) is 11.6 Å². The van der Waals surface area contributed by atoms with Crippen LogP contribution in [0.25, 0.3) is 0 Å². The maximum Gasteiger partial charge on any atom is 0.251 e. The monoisotopic (exact) mass is 291 g/mol. The first-order valence-corrected chi connectivity index (χ1v) is 6.46. The number of methoxy groups -OCH3 is 1. The molecule has 0 unspecified atom stereocenters. The molecular formula is C16H15F2NO2. The average molecular weight is 291 g/mol. The fourth-order valence-electron chi connectivity index (χ4n) is 1.90. The normalized spacial score (nSPS) is 10.2. The predicted molar refractivity (Wildman–Crippen MR) is 75.4 cm³/mol. The summed E-state index contributed by atoms with van der Waals surface area (Å²) in [5.74, 6) is -0.897. The molecule has 0 atom stereocenters. The first-order valence-electron chi connectivity index (χ1n) is 6.46. The SMILES string of the molecule is COc1cccc(C(=O)NCCc2ccc(F)cc2F)c1. The van der Waals surface area contributed by atoms with Crippen LogP contribution in [0.2, 0.25) is 0 Å². The van der Waals surface area contributed by atoms with Crippen LogP contribution in [0.3, 0.4) is 0 Å². The second kappa shape index (κ2) is 6.83. The fraction of sp³-hybridized carbons (Fsp3) is 0.188. The minimum Gasteiger partial charge on any atom is -0.497 e. The van der Waals surface area contributed by atoms with Crippen LogP contribution < -0.4 is 10.1 Å². The summed E-state index contributed by atoms with van der Waals surface area (Å²) in [4.78, 5) is 11.9. The van der Waals surface area contributed by atoms with Gasteiger partial charge in [-0.1, -0.05) is 12.1 Å². The molecular weight excluding hydrogens is 276 g/mol. The van der Waals surface area contributed by atoms with Crippen LogP contribution in [-0.4, -0.2) is 19.6 Å². The van der Waals surface area contributed by atoms with Gasteiger partial charge in [0, 0.05) is 18.2 Å². The van der Waals surface area contributed by atoms with E-state index in [0.717, 1.165) is 6.07 Å². The maximum absolute atomic E-state index is 13.4. The zero-order chi connectivity index (χ0) is 15.2. The summed E-state index contributed by atoms with van der Waals surface area (Å²) in [5, 5.41) is 2.69. The highest BCUT2D eigenvalue weighted by Crippen LogP contribution is 2.13. The van der Waals surface area contributed by atoms with E-state index in [4.69, 9.17) is 4.74 Å². The van der Waals surface area contributed by atoms with Gasteiger partial charge in [0.15, 0.2) is 0 Å². The topological polar surface area (TPSA) is 38.3 Å². The number of ether oxygens (including phenoxy) is 1. The molecule has 0 spiro atoms. The highest BCUT2D eigenvalue weighted by Gasteiger charge is 2.07. The minimum absolute atomic E-state index is 0.262. The number of nitrogens with one attached hydrogen (secondary N) is 1. The summed E-state index contributed by atoms with van der Waals surface area (Å²) in [6.45, 7) is 0.262. The lowest BCUT2D eigenvalue weighted by atomic mass is 10.1. The highest BCUT2D eigenvalue weighted by atomic mass is 19.1. The van der Waals surface area contributed by atoms with Gasteiger partial charge < -0.3 is 10.1 Å². The van der Waals surface area contributed by atoms with Crippen LogP contribution in [-0.2, 0) is 6.42 Å². The molecule has 0 fully saturated rings. The number of hydrogen-bond acceptors (Lipinski definition) is 2. The van der Waals surface area contributed by atoms with E-state index < -0.39 is 11.6 Å². The molecule has 0 aliphatic heterocycles. The number of carbonyl (C=O) groups is 1. The first-order chi connectivity index (χ1) is 10.1. The van der Waals surface area contributed by atoms with Crippen molar-refractivity contribution in [1.82, 2.24) is 5.32 Å². The molecule has 0 heterocycles. The molecule has 0 bridgehead atoms. The summed E-state index contributed by atoms with van der Waals surface area (Å²) in [5.41, 5.74) is 0.830. The average Bonchev–Trinajstić information content (AvgIpc) is 2.49. The second-order valence-corrected chi connectivity index (χ2v) is 4.47. The second-order valence-electron chi connectivity index (χ2n) is 4.47. The third-order valence-corrected chi connectivity index (χ3v) is 3.03. The summed E-state index contributed by atoms with van der Waals surface area (Å²) in [6, 6.07) is 10.1. The van der Waals surface area contributed by atoms with Crippen molar-refractivity contribution in [2.24, 2.45) is 0 Å². The Morgan fingerprint density at radius 3 is 2.71 bits per heavy atom. The summed E-state index contributed by atoms with van der Waals surface area (Å²) in [6.07, 6.45) is 0.293. The Hall–Kier alpha value is -2.43. The maximum atomic E-state index is 13.4. The Labute approximate surface area is 121 Å². The van der Waals surface area contributed by atoms with Crippen molar-refractivity contribution in [3.63, 3.8) is 0 Å². The zero-order valence-corrected chi connectivity index (χ0v) is 11.5. The van der Waals surface area contributed by atoms with E-state index in [1.54, 1.807) is 24.3 Å². The van der Waals surface area contributed by atoms with Crippen molar-refractivity contribution in [2.75, 3.05) is 13.7 Å². The quantitative estimate of drug-likeness (QED) is 0.920. The lowest BCUT2D eigenvalue weighted by Gasteiger charge is -2.07. The minimum atomic E-state index is -0.614. The number of carbonyl (C=O) groups excluding carboxylic acids is 1. The van der Waals surface area contributed by atoms with E-state index >= 15 is 0 Å². The molecule has 0 saturated heterocycles. The van der Waals surface area contributed by atoms with Gasteiger partial charge in [0.05, 0.1) is 7.11 Å². The van der Waals surface area contributed by atoms with Crippen molar-refractivity contribution in [1.29, 1.82) is 0 Å². The smallest absolute Gasteiger partial charge is 0.251 e. The van der Waals surface area contributed by atoms with Gasteiger partial charge in [-0.2, -0.15) is 0 Å². The standard InChI is InChI=1S/C16H15F2NO2/c1-21-14-4-2-3-12(9-14)16(20)19-8-7-11-5-6-13(17)10-15(11)18/h2-6,9-10H,7-8H2,1H3,(H,19,20). The Morgan fingerprint density at radius 1 is 1.19 bits per heavy atom. The van der Waals surface area contributed by atoms with Crippen LogP contribution in [0.5, 0.6) is 5.75 Å². The molecule has 1 N–H and O–H groups in total. The highest BCUT2D eigenvalue weighted by molar-refractivity contribution is 5.94. The third kappa shape index (κ3) is 4.02. The largest absolute Gasteiger partial charge is 0.497 e. The Kier molecular flexibility index (Phi) is 4.87. The molecule has 5 heteroatoms. The van der Waals surface area contributed by atoms with E-state index in [2.05, 4.69) is 5.32 Å². The van der Waals surface area contributed by atoms with Crippen LogP contribution in [0.4, 0.5) is 8.78 Å². The van der Waals surface area contributed by atoms with Crippen molar-refractivity contribution in [2.45, 2.75) is 6.42 Å². The van der Waals surface area contributed by atoms with E-state index in [9.17, 15) is 13.6 Å². The molecule has 0 aliphatic rings. The van der Waals surface area contributed by atoms with Gasteiger partial charge in [-0.3, -0.25) is 4.79 Å². The summed E-state index contributed by atoms with van der Waals surface area (Å²) in [7, 11) is 1.52. The molecule has 3 nitrogen and oxygen atoms in total. The third-order valence-electron chi connectivity index (χ3n) is 3.03. The Morgan fingerprint density at radius 2 is 2.00 bits per heavy atom.